The van der Waals surface area contributed by atoms with Crippen molar-refractivity contribution in [2.75, 3.05) is 6.54 Å². The number of carbonyl (C=O) groups excluding carboxylic acids is 1. The molecule has 2 aliphatic heterocycles. The van der Waals surface area contributed by atoms with Crippen LogP contribution in [0.3, 0.4) is 0 Å². The van der Waals surface area contributed by atoms with Crippen molar-refractivity contribution in [3.05, 3.63) is 63.5 Å². The van der Waals surface area contributed by atoms with Crippen LogP contribution in [-0.4, -0.2) is 38.3 Å². The van der Waals surface area contributed by atoms with Crippen LogP contribution in [0.1, 0.15) is 51.7 Å². The Balaban J connectivity index is 1.39. The number of thiazole rings is 1. The van der Waals surface area contributed by atoms with Gasteiger partial charge in [-0.15, -0.1) is 11.3 Å². The number of hydrogen-bond acceptors (Lipinski definition) is 5. The maximum Gasteiger partial charge on any atom is 0.254 e. The van der Waals surface area contributed by atoms with Crippen LogP contribution in [0.2, 0.25) is 0 Å². The lowest BCUT2D eigenvalue weighted by Crippen LogP contribution is -2.45. The van der Waals surface area contributed by atoms with E-state index in [-0.39, 0.29) is 23.7 Å². The third-order valence-corrected chi connectivity index (χ3v) is 6.90. The van der Waals surface area contributed by atoms with Gasteiger partial charge in [-0.1, -0.05) is 0 Å². The van der Waals surface area contributed by atoms with E-state index in [1.165, 1.54) is 12.1 Å². The van der Waals surface area contributed by atoms with E-state index in [0.717, 1.165) is 47.5 Å². The summed E-state index contributed by atoms with van der Waals surface area (Å²) in [5, 5.41) is 3.02. The van der Waals surface area contributed by atoms with Crippen molar-refractivity contribution in [3.63, 3.8) is 0 Å². The van der Waals surface area contributed by atoms with Gasteiger partial charge >= 0.3 is 0 Å². The maximum absolute atomic E-state index is 13.6. The van der Waals surface area contributed by atoms with Crippen LogP contribution in [0, 0.1) is 12.7 Å². The Kier molecular flexibility index (Phi) is 4.62. The molecule has 5 rings (SSSR count). The van der Waals surface area contributed by atoms with Crippen LogP contribution in [0.5, 0.6) is 0 Å². The lowest BCUT2D eigenvalue weighted by atomic mass is 9.91. The van der Waals surface area contributed by atoms with Crippen molar-refractivity contribution in [1.29, 1.82) is 0 Å². The second-order valence-corrected chi connectivity index (χ2v) is 8.77. The van der Waals surface area contributed by atoms with Gasteiger partial charge in [-0.2, -0.15) is 0 Å². The average molecular weight is 409 g/mol. The first-order valence-electron chi connectivity index (χ1n) is 9.92. The highest BCUT2D eigenvalue weighted by molar-refractivity contribution is 7.10. The lowest BCUT2D eigenvalue weighted by Gasteiger charge is -2.38. The van der Waals surface area contributed by atoms with Gasteiger partial charge in [0.2, 0.25) is 0 Å². The number of piperidine rings is 1. The third kappa shape index (κ3) is 3.44. The molecule has 148 valence electrons. The number of hydrogen-bond donors (Lipinski definition) is 0. The molecule has 3 aromatic rings. The van der Waals surface area contributed by atoms with Crippen molar-refractivity contribution in [3.8, 4) is 11.5 Å². The zero-order valence-electron chi connectivity index (χ0n) is 16.1. The van der Waals surface area contributed by atoms with E-state index < -0.39 is 0 Å². The van der Waals surface area contributed by atoms with Gasteiger partial charge in [0.15, 0.2) is 5.82 Å². The van der Waals surface area contributed by atoms with Gasteiger partial charge in [0.25, 0.3) is 5.91 Å². The molecule has 1 fully saturated rings. The quantitative estimate of drug-likeness (QED) is 0.631. The van der Waals surface area contributed by atoms with E-state index in [9.17, 15) is 9.18 Å². The normalized spacial score (nSPS) is 21.4. The molecule has 1 saturated heterocycles. The molecular formula is C22H21FN4OS. The fraction of sp³-hybridized carbons (Fsp3) is 0.364. The van der Waals surface area contributed by atoms with Gasteiger partial charge in [-0.25, -0.2) is 19.3 Å². The van der Waals surface area contributed by atoms with Gasteiger partial charge in [-0.05, 0) is 61.9 Å². The van der Waals surface area contributed by atoms with E-state index in [1.54, 1.807) is 29.8 Å². The predicted molar refractivity (Wildman–Crippen MR) is 109 cm³/mol. The molecule has 0 radical (unpaired) electrons. The van der Waals surface area contributed by atoms with Crippen molar-refractivity contribution >= 4 is 17.2 Å². The number of fused-ring (bicyclic) bond motifs is 2. The van der Waals surface area contributed by atoms with Crippen LogP contribution in [-0.2, 0) is 6.42 Å². The second-order valence-electron chi connectivity index (χ2n) is 7.88. The Morgan fingerprint density at radius 3 is 2.83 bits per heavy atom. The molecule has 2 aliphatic rings. The molecule has 0 spiro atoms. The summed E-state index contributed by atoms with van der Waals surface area (Å²) in [6.07, 6.45) is 7.17. The first kappa shape index (κ1) is 18.4. The van der Waals surface area contributed by atoms with E-state index in [2.05, 4.69) is 9.97 Å². The molecule has 4 heterocycles. The number of halogens is 1. The van der Waals surface area contributed by atoms with E-state index in [0.29, 0.717) is 17.9 Å². The smallest absolute Gasteiger partial charge is 0.254 e. The summed E-state index contributed by atoms with van der Waals surface area (Å²) in [4.78, 5) is 28.7. The van der Waals surface area contributed by atoms with Crippen LogP contribution in [0.15, 0.2) is 36.0 Å². The predicted octanol–water partition coefficient (Wildman–Crippen LogP) is 4.38. The molecular weight excluding hydrogens is 387 g/mol. The summed E-state index contributed by atoms with van der Waals surface area (Å²) in [6, 6.07) is 4.74. The second kappa shape index (κ2) is 7.30. The van der Waals surface area contributed by atoms with Crippen molar-refractivity contribution < 1.29 is 9.18 Å². The number of aryl methyl sites for hydroxylation is 2. The highest BCUT2D eigenvalue weighted by atomic mass is 32.1. The Morgan fingerprint density at radius 2 is 2.00 bits per heavy atom. The Hall–Kier alpha value is -2.67. The lowest BCUT2D eigenvalue weighted by molar-refractivity contribution is 0.0588. The van der Waals surface area contributed by atoms with Crippen LogP contribution in [0.25, 0.3) is 11.5 Å². The molecule has 2 atom stereocenters. The highest BCUT2D eigenvalue weighted by Crippen LogP contribution is 2.37. The summed E-state index contributed by atoms with van der Waals surface area (Å²) in [5.41, 5.74) is 3.27. The standard InChI is InChI=1S/C22H21FN4OS/c1-13-9-24-20(25-10-13)19-12-29-21(26-19)15-3-6-17-5-2-14-8-16(23)4-7-18(14)22(28)27(17)11-15/h4,7-10,12,15,17H,2-3,5-6,11H2,1H3. The monoisotopic (exact) mass is 408 g/mol. The maximum atomic E-state index is 13.6. The molecule has 1 amide bonds. The number of amides is 1. The van der Waals surface area contributed by atoms with Gasteiger partial charge < -0.3 is 4.90 Å². The van der Waals surface area contributed by atoms with Crippen molar-refractivity contribution in [1.82, 2.24) is 19.9 Å². The minimum Gasteiger partial charge on any atom is -0.335 e. The third-order valence-electron chi connectivity index (χ3n) is 5.89. The summed E-state index contributed by atoms with van der Waals surface area (Å²) in [6.45, 7) is 2.61. The Morgan fingerprint density at radius 1 is 1.17 bits per heavy atom. The molecule has 0 N–H and O–H groups in total. The fourth-order valence-corrected chi connectivity index (χ4v) is 5.26. The first-order valence-corrected chi connectivity index (χ1v) is 10.8. The Bertz CT molecular complexity index is 1060. The minimum atomic E-state index is -0.275. The molecule has 5 nitrogen and oxygen atoms in total. The van der Waals surface area contributed by atoms with Crippen molar-refractivity contribution in [2.45, 2.75) is 44.6 Å². The largest absolute Gasteiger partial charge is 0.335 e. The van der Waals surface area contributed by atoms with E-state index >= 15 is 0 Å². The zero-order valence-corrected chi connectivity index (χ0v) is 17.0. The summed E-state index contributed by atoms with van der Waals surface area (Å²) < 4.78 is 13.6. The number of nitrogens with zero attached hydrogens (tertiary/aromatic N) is 4. The molecule has 0 aliphatic carbocycles. The van der Waals surface area contributed by atoms with Gasteiger partial charge in [-0.3, -0.25) is 4.79 Å². The zero-order chi connectivity index (χ0) is 20.0. The molecule has 0 bridgehead atoms. The van der Waals surface area contributed by atoms with Crippen LogP contribution >= 0.6 is 11.3 Å². The molecule has 29 heavy (non-hydrogen) atoms. The van der Waals surface area contributed by atoms with Crippen LogP contribution in [0.4, 0.5) is 4.39 Å². The molecule has 2 aromatic heterocycles. The van der Waals surface area contributed by atoms with Gasteiger partial charge in [0, 0.05) is 41.8 Å². The average Bonchev–Trinajstić information content (AvgIpc) is 3.18. The minimum absolute atomic E-state index is 0.0193. The van der Waals surface area contributed by atoms with Gasteiger partial charge in [0.1, 0.15) is 11.5 Å². The highest BCUT2D eigenvalue weighted by Gasteiger charge is 2.36. The molecule has 0 saturated carbocycles. The number of aromatic nitrogens is 3. The summed E-state index contributed by atoms with van der Waals surface area (Å²) in [5.74, 6) is 0.587. The fourth-order valence-electron chi connectivity index (χ4n) is 4.33. The first-order chi connectivity index (χ1) is 14.1. The number of benzene rings is 1. The van der Waals surface area contributed by atoms with E-state index in [1.807, 2.05) is 17.2 Å². The van der Waals surface area contributed by atoms with Gasteiger partial charge in [0.05, 0.1) is 5.01 Å². The number of rotatable bonds is 2. The Labute approximate surface area is 172 Å². The topological polar surface area (TPSA) is 59.0 Å². The molecule has 2 unspecified atom stereocenters. The molecule has 1 aromatic carbocycles. The molecule has 7 heteroatoms. The van der Waals surface area contributed by atoms with Crippen LogP contribution < -0.4 is 0 Å². The SMILES string of the molecule is Cc1cnc(-c2csc(C3CCC4CCc5cc(F)ccc5C(=O)N4C3)n2)nc1. The van der Waals surface area contributed by atoms with Crippen molar-refractivity contribution in [2.24, 2.45) is 0 Å². The number of carbonyl (C=O) groups is 1. The summed E-state index contributed by atoms with van der Waals surface area (Å²) in [7, 11) is 0. The summed E-state index contributed by atoms with van der Waals surface area (Å²) >= 11 is 1.61. The van der Waals surface area contributed by atoms with E-state index in [4.69, 9.17) is 4.98 Å².